The highest BCUT2D eigenvalue weighted by Crippen LogP contribution is 2.19. The Morgan fingerprint density at radius 2 is 1.67 bits per heavy atom. The largest absolute Gasteiger partial charge is 0.338 e. The van der Waals surface area contributed by atoms with Crippen LogP contribution in [0.2, 0.25) is 0 Å². The van der Waals surface area contributed by atoms with Crippen molar-refractivity contribution < 1.29 is 4.79 Å². The van der Waals surface area contributed by atoms with Gasteiger partial charge in [0.1, 0.15) is 5.92 Å². The number of rotatable bonds is 7. The molecule has 0 spiro atoms. The Balaban J connectivity index is 5.06. The lowest BCUT2D eigenvalue weighted by Gasteiger charge is -2.34. The molecule has 0 aromatic heterocycles. The van der Waals surface area contributed by atoms with Crippen LogP contribution in [-0.2, 0) is 4.79 Å². The maximum Gasteiger partial charge on any atom is 0.240 e. The minimum atomic E-state index is -0.510. The maximum absolute atomic E-state index is 12.5. The first-order chi connectivity index (χ1) is 8.38. The van der Waals surface area contributed by atoms with Crippen molar-refractivity contribution in [3.8, 4) is 6.07 Å². The number of carbonyl (C=O) groups excluding carboxylic acids is 1. The van der Waals surface area contributed by atoms with Crippen molar-refractivity contribution in [2.24, 2.45) is 17.8 Å². The Kier molecular flexibility index (Phi) is 7.66. The van der Waals surface area contributed by atoms with Gasteiger partial charge in [0.15, 0.2) is 0 Å². The molecule has 104 valence electrons. The quantitative estimate of drug-likeness (QED) is 0.696. The van der Waals surface area contributed by atoms with Gasteiger partial charge in [-0.05, 0) is 24.7 Å². The Bertz CT molecular complexity index is 287. The summed E-state index contributed by atoms with van der Waals surface area (Å²) in [6, 6.07) is 2.43. The van der Waals surface area contributed by atoms with Crippen LogP contribution in [0.25, 0.3) is 0 Å². The van der Waals surface area contributed by atoms with Gasteiger partial charge in [-0.15, -0.1) is 0 Å². The molecule has 0 saturated carbocycles. The van der Waals surface area contributed by atoms with Crippen molar-refractivity contribution >= 4 is 5.91 Å². The van der Waals surface area contributed by atoms with Gasteiger partial charge in [0.05, 0.1) is 6.07 Å². The van der Waals surface area contributed by atoms with Crippen molar-refractivity contribution in [2.45, 2.75) is 60.4 Å². The van der Waals surface area contributed by atoms with Crippen molar-refractivity contribution in [3.05, 3.63) is 0 Å². The molecule has 0 N–H and O–H groups in total. The highest BCUT2D eigenvalue weighted by molar-refractivity contribution is 5.81. The van der Waals surface area contributed by atoms with E-state index in [0.29, 0.717) is 5.92 Å². The highest BCUT2D eigenvalue weighted by Gasteiger charge is 2.30. The fourth-order valence-corrected chi connectivity index (χ4v) is 2.21. The van der Waals surface area contributed by atoms with Crippen LogP contribution < -0.4 is 0 Å². The van der Waals surface area contributed by atoms with E-state index in [4.69, 9.17) is 0 Å². The van der Waals surface area contributed by atoms with E-state index >= 15 is 0 Å². The van der Waals surface area contributed by atoms with Crippen LogP contribution in [0.4, 0.5) is 0 Å². The summed E-state index contributed by atoms with van der Waals surface area (Å²) in [6.45, 7) is 13.0. The molecule has 3 nitrogen and oxygen atoms in total. The van der Waals surface area contributed by atoms with Crippen LogP contribution in [0.5, 0.6) is 0 Å². The van der Waals surface area contributed by atoms with E-state index in [1.807, 2.05) is 18.7 Å². The topological polar surface area (TPSA) is 44.1 Å². The van der Waals surface area contributed by atoms with Crippen LogP contribution in [0.1, 0.15) is 54.4 Å². The molecule has 1 atom stereocenters. The van der Waals surface area contributed by atoms with E-state index in [0.717, 1.165) is 19.4 Å². The van der Waals surface area contributed by atoms with E-state index in [2.05, 4.69) is 33.8 Å². The smallest absolute Gasteiger partial charge is 0.240 e. The Hall–Kier alpha value is -1.04. The SMILES string of the molecule is CCC(CC)N(CC(C)C)C(=O)C(C#N)C(C)C. The molecule has 1 amide bonds. The monoisotopic (exact) mass is 252 g/mol. The maximum atomic E-state index is 12.5. The van der Waals surface area contributed by atoms with Gasteiger partial charge in [-0.3, -0.25) is 4.79 Å². The zero-order chi connectivity index (χ0) is 14.3. The summed E-state index contributed by atoms with van der Waals surface area (Å²) in [7, 11) is 0. The molecule has 0 aliphatic heterocycles. The normalized spacial score (nSPS) is 12.9. The molecule has 0 saturated heterocycles. The third-order valence-corrected chi connectivity index (χ3v) is 3.30. The molecule has 0 heterocycles. The van der Waals surface area contributed by atoms with Gasteiger partial charge < -0.3 is 4.90 Å². The fraction of sp³-hybridized carbons (Fsp3) is 0.867. The van der Waals surface area contributed by atoms with Gasteiger partial charge in [-0.1, -0.05) is 41.5 Å². The Morgan fingerprint density at radius 1 is 1.17 bits per heavy atom. The van der Waals surface area contributed by atoms with Crippen LogP contribution in [0.15, 0.2) is 0 Å². The third kappa shape index (κ3) is 4.68. The first-order valence-electron chi connectivity index (χ1n) is 7.08. The average Bonchev–Trinajstić information content (AvgIpc) is 2.29. The van der Waals surface area contributed by atoms with Gasteiger partial charge in [0, 0.05) is 12.6 Å². The van der Waals surface area contributed by atoms with E-state index in [-0.39, 0.29) is 17.9 Å². The van der Waals surface area contributed by atoms with Crippen molar-refractivity contribution in [1.29, 1.82) is 5.26 Å². The summed E-state index contributed by atoms with van der Waals surface area (Å²) < 4.78 is 0. The average molecular weight is 252 g/mol. The van der Waals surface area contributed by atoms with E-state index in [1.165, 1.54) is 0 Å². The molecule has 0 aromatic carbocycles. The van der Waals surface area contributed by atoms with Gasteiger partial charge in [-0.25, -0.2) is 0 Å². The number of nitrogens with zero attached hydrogens (tertiary/aromatic N) is 2. The van der Waals surface area contributed by atoms with Crippen LogP contribution in [-0.4, -0.2) is 23.4 Å². The molecule has 0 bridgehead atoms. The summed E-state index contributed by atoms with van der Waals surface area (Å²) in [5.74, 6) is 0.00632. The summed E-state index contributed by atoms with van der Waals surface area (Å²) in [5, 5.41) is 9.18. The highest BCUT2D eigenvalue weighted by atomic mass is 16.2. The second-order valence-corrected chi connectivity index (χ2v) is 5.71. The minimum Gasteiger partial charge on any atom is -0.338 e. The van der Waals surface area contributed by atoms with E-state index in [9.17, 15) is 10.1 Å². The van der Waals surface area contributed by atoms with Crippen LogP contribution in [0.3, 0.4) is 0 Å². The summed E-state index contributed by atoms with van der Waals surface area (Å²) >= 11 is 0. The molecular formula is C15H28N2O. The first-order valence-corrected chi connectivity index (χ1v) is 7.08. The molecular weight excluding hydrogens is 224 g/mol. The third-order valence-electron chi connectivity index (χ3n) is 3.30. The molecule has 0 aliphatic rings. The number of hydrogen-bond donors (Lipinski definition) is 0. The predicted octanol–water partition coefficient (Wildman–Crippen LogP) is 3.46. The molecule has 0 aliphatic carbocycles. The zero-order valence-electron chi connectivity index (χ0n) is 12.7. The summed E-state index contributed by atoms with van der Waals surface area (Å²) in [6.07, 6.45) is 1.90. The number of nitriles is 1. The van der Waals surface area contributed by atoms with Crippen molar-refractivity contribution in [2.75, 3.05) is 6.54 Å². The number of carbonyl (C=O) groups is 1. The Morgan fingerprint density at radius 3 is 1.94 bits per heavy atom. The number of amides is 1. The van der Waals surface area contributed by atoms with Gasteiger partial charge in [0.2, 0.25) is 5.91 Å². The van der Waals surface area contributed by atoms with Gasteiger partial charge >= 0.3 is 0 Å². The molecule has 3 heteroatoms. The zero-order valence-corrected chi connectivity index (χ0v) is 12.7. The lowest BCUT2D eigenvalue weighted by molar-refractivity contribution is -0.138. The van der Waals surface area contributed by atoms with Crippen molar-refractivity contribution in [3.63, 3.8) is 0 Å². The summed E-state index contributed by atoms with van der Waals surface area (Å²) in [4.78, 5) is 14.4. The molecule has 0 aromatic rings. The lowest BCUT2D eigenvalue weighted by atomic mass is 9.94. The van der Waals surface area contributed by atoms with Gasteiger partial charge in [-0.2, -0.15) is 5.26 Å². The van der Waals surface area contributed by atoms with E-state index < -0.39 is 5.92 Å². The summed E-state index contributed by atoms with van der Waals surface area (Å²) in [5.41, 5.74) is 0. The number of hydrogen-bond acceptors (Lipinski definition) is 2. The molecule has 0 radical (unpaired) electrons. The first kappa shape index (κ1) is 17.0. The lowest BCUT2D eigenvalue weighted by Crippen LogP contribution is -2.45. The minimum absolute atomic E-state index is 0.00917. The second-order valence-electron chi connectivity index (χ2n) is 5.71. The molecule has 18 heavy (non-hydrogen) atoms. The fourth-order valence-electron chi connectivity index (χ4n) is 2.21. The predicted molar refractivity (Wildman–Crippen MR) is 74.9 cm³/mol. The Labute approximate surface area is 112 Å². The molecule has 0 rings (SSSR count). The molecule has 0 fully saturated rings. The second kappa shape index (κ2) is 8.13. The van der Waals surface area contributed by atoms with Gasteiger partial charge in [0.25, 0.3) is 0 Å². The standard InChI is InChI=1S/C15H28N2O/c1-7-13(8-2)17(10-11(3)4)15(18)14(9-16)12(5)6/h11-14H,7-8,10H2,1-6H3. The molecule has 1 unspecified atom stereocenters. The van der Waals surface area contributed by atoms with E-state index in [1.54, 1.807) is 0 Å². The van der Waals surface area contributed by atoms with Crippen LogP contribution in [0, 0.1) is 29.1 Å². The van der Waals surface area contributed by atoms with Crippen LogP contribution >= 0.6 is 0 Å². The van der Waals surface area contributed by atoms with Crippen molar-refractivity contribution in [1.82, 2.24) is 4.90 Å².